The maximum Gasteiger partial charge on any atom is 0.305 e. The first-order valence-electron chi connectivity index (χ1n) is 8.03. The first-order chi connectivity index (χ1) is 11.2. The Kier molecular flexibility index (Phi) is 4.65. The van der Waals surface area contributed by atoms with E-state index in [2.05, 4.69) is 22.2 Å². The van der Waals surface area contributed by atoms with Gasteiger partial charge in [0.25, 0.3) is 0 Å². The molecule has 5 heteroatoms. The van der Waals surface area contributed by atoms with Crippen molar-refractivity contribution >= 4 is 22.8 Å². The van der Waals surface area contributed by atoms with Crippen LogP contribution in [-0.2, 0) is 33.6 Å². The molecule has 1 amide bonds. The van der Waals surface area contributed by atoms with Crippen molar-refractivity contribution in [1.29, 1.82) is 0 Å². The molecule has 5 nitrogen and oxygen atoms in total. The third-order valence-electron chi connectivity index (χ3n) is 4.33. The maximum atomic E-state index is 12.0. The molecule has 1 N–H and O–H groups in total. The molecule has 0 aliphatic heterocycles. The lowest BCUT2D eigenvalue weighted by Gasteiger charge is -2.04. The number of nitrogens with one attached hydrogen (secondary N) is 1. The molecule has 0 saturated carbocycles. The number of esters is 1. The van der Waals surface area contributed by atoms with E-state index < -0.39 is 0 Å². The van der Waals surface area contributed by atoms with E-state index >= 15 is 0 Å². The predicted molar refractivity (Wildman–Crippen MR) is 86.2 cm³/mol. The maximum absolute atomic E-state index is 12.0. The molecule has 122 valence electrons. The van der Waals surface area contributed by atoms with Crippen LogP contribution < -0.4 is 5.32 Å². The van der Waals surface area contributed by atoms with Crippen LogP contribution in [0.5, 0.6) is 0 Å². The first-order valence-corrected chi connectivity index (χ1v) is 8.03. The van der Waals surface area contributed by atoms with Crippen LogP contribution in [0.15, 0.2) is 22.8 Å². The summed E-state index contributed by atoms with van der Waals surface area (Å²) in [5, 5.41) is 3.87. The minimum atomic E-state index is -0.256. The van der Waals surface area contributed by atoms with Gasteiger partial charge in [0.1, 0.15) is 5.58 Å². The second kappa shape index (κ2) is 6.86. The third kappa shape index (κ3) is 3.55. The fourth-order valence-corrected chi connectivity index (χ4v) is 3.08. The zero-order chi connectivity index (χ0) is 16.2. The van der Waals surface area contributed by atoms with Crippen molar-refractivity contribution in [3.8, 4) is 0 Å². The summed E-state index contributed by atoms with van der Waals surface area (Å²) in [6, 6.07) is 4.27. The van der Waals surface area contributed by atoms with Crippen molar-refractivity contribution in [3.05, 3.63) is 35.1 Å². The van der Waals surface area contributed by atoms with Crippen LogP contribution >= 0.6 is 0 Å². The largest absolute Gasteiger partial charge is 0.469 e. The van der Waals surface area contributed by atoms with E-state index in [0.29, 0.717) is 25.8 Å². The molecule has 0 spiro atoms. The molecule has 0 saturated heterocycles. The summed E-state index contributed by atoms with van der Waals surface area (Å²) in [5.41, 5.74) is 4.52. The summed E-state index contributed by atoms with van der Waals surface area (Å²) in [5.74, 6) is -0.313. The molecule has 1 aromatic heterocycles. The second-order valence-corrected chi connectivity index (χ2v) is 5.94. The van der Waals surface area contributed by atoms with Gasteiger partial charge in [-0.2, -0.15) is 0 Å². The molecule has 1 aliphatic carbocycles. The molecule has 0 atom stereocenters. The third-order valence-corrected chi connectivity index (χ3v) is 4.33. The summed E-state index contributed by atoms with van der Waals surface area (Å²) in [4.78, 5) is 23.0. The van der Waals surface area contributed by atoms with E-state index in [1.165, 1.54) is 24.7 Å². The number of fused-ring (bicyclic) bond motifs is 2. The van der Waals surface area contributed by atoms with Gasteiger partial charge in [-0.3, -0.25) is 9.59 Å². The molecule has 0 fully saturated rings. The lowest BCUT2D eigenvalue weighted by molar-refractivity contribution is -0.140. The smallest absolute Gasteiger partial charge is 0.305 e. The first kappa shape index (κ1) is 15.6. The minimum Gasteiger partial charge on any atom is -0.469 e. The number of hydrogen-bond donors (Lipinski definition) is 1. The SMILES string of the molecule is COC(=O)CCCNC(=O)Cc1coc2cc3c(cc12)CCC3. The number of hydrogen-bond acceptors (Lipinski definition) is 4. The van der Waals surface area contributed by atoms with Gasteiger partial charge in [0.05, 0.1) is 19.8 Å². The highest BCUT2D eigenvalue weighted by molar-refractivity contribution is 5.88. The lowest BCUT2D eigenvalue weighted by atomic mass is 10.0. The van der Waals surface area contributed by atoms with Crippen LogP contribution in [0.4, 0.5) is 0 Å². The summed E-state index contributed by atoms with van der Waals surface area (Å²) >= 11 is 0. The van der Waals surface area contributed by atoms with Crippen molar-refractivity contribution in [3.63, 3.8) is 0 Å². The molecule has 0 radical (unpaired) electrons. The summed E-state index contributed by atoms with van der Waals surface area (Å²) in [6.45, 7) is 0.471. The zero-order valence-electron chi connectivity index (χ0n) is 13.3. The zero-order valence-corrected chi connectivity index (χ0v) is 13.3. The van der Waals surface area contributed by atoms with Crippen LogP contribution in [0.2, 0.25) is 0 Å². The van der Waals surface area contributed by atoms with Crippen LogP contribution in [-0.4, -0.2) is 25.5 Å². The number of furan rings is 1. The van der Waals surface area contributed by atoms with Crippen molar-refractivity contribution < 1.29 is 18.7 Å². The molecule has 23 heavy (non-hydrogen) atoms. The molecular weight excluding hydrogens is 294 g/mol. The number of carbonyl (C=O) groups is 2. The number of amides is 1. The van der Waals surface area contributed by atoms with Crippen molar-refractivity contribution in [1.82, 2.24) is 5.32 Å². The Bertz CT molecular complexity index is 732. The van der Waals surface area contributed by atoms with Gasteiger partial charge in [-0.25, -0.2) is 0 Å². The molecular formula is C18H21NO4. The average Bonchev–Trinajstić information content (AvgIpc) is 3.16. The summed E-state index contributed by atoms with van der Waals surface area (Å²) < 4.78 is 10.2. The topological polar surface area (TPSA) is 68.5 Å². The van der Waals surface area contributed by atoms with Crippen LogP contribution in [0.3, 0.4) is 0 Å². The normalized spacial score (nSPS) is 13.1. The highest BCUT2D eigenvalue weighted by atomic mass is 16.5. The molecule has 0 bridgehead atoms. The van der Waals surface area contributed by atoms with E-state index in [1.807, 2.05) is 0 Å². The van der Waals surface area contributed by atoms with Crippen LogP contribution in [0.25, 0.3) is 11.0 Å². The number of aryl methyl sites for hydroxylation is 2. The average molecular weight is 315 g/mol. The Morgan fingerprint density at radius 2 is 2.04 bits per heavy atom. The van der Waals surface area contributed by atoms with E-state index in [1.54, 1.807) is 6.26 Å². The minimum absolute atomic E-state index is 0.0573. The van der Waals surface area contributed by atoms with Gasteiger partial charge in [0.15, 0.2) is 0 Å². The number of benzene rings is 1. The van der Waals surface area contributed by atoms with Gasteiger partial charge in [0, 0.05) is 23.9 Å². The van der Waals surface area contributed by atoms with Crippen molar-refractivity contribution in [2.24, 2.45) is 0 Å². The highest BCUT2D eigenvalue weighted by Crippen LogP contribution is 2.30. The molecule has 0 unspecified atom stereocenters. The fourth-order valence-electron chi connectivity index (χ4n) is 3.08. The Labute approximate surface area is 135 Å². The lowest BCUT2D eigenvalue weighted by Crippen LogP contribution is -2.26. The molecule has 1 aliphatic rings. The van der Waals surface area contributed by atoms with E-state index in [-0.39, 0.29) is 11.9 Å². The molecule has 1 heterocycles. The highest BCUT2D eigenvalue weighted by Gasteiger charge is 2.16. The Morgan fingerprint density at radius 1 is 1.26 bits per heavy atom. The second-order valence-electron chi connectivity index (χ2n) is 5.94. The van der Waals surface area contributed by atoms with Gasteiger partial charge in [0.2, 0.25) is 5.91 Å². The number of methoxy groups -OCH3 is 1. The Hall–Kier alpha value is -2.30. The van der Waals surface area contributed by atoms with Crippen molar-refractivity contribution in [2.45, 2.75) is 38.5 Å². The fraction of sp³-hybridized carbons (Fsp3) is 0.444. The van der Waals surface area contributed by atoms with Crippen molar-refractivity contribution in [2.75, 3.05) is 13.7 Å². The van der Waals surface area contributed by atoms with Gasteiger partial charge >= 0.3 is 5.97 Å². The van der Waals surface area contributed by atoms with Gasteiger partial charge < -0.3 is 14.5 Å². The van der Waals surface area contributed by atoms with Crippen LogP contribution in [0.1, 0.15) is 36.0 Å². The molecule has 3 rings (SSSR count). The number of rotatable bonds is 6. The van der Waals surface area contributed by atoms with E-state index in [4.69, 9.17) is 4.42 Å². The summed E-state index contributed by atoms with van der Waals surface area (Å²) in [7, 11) is 1.36. The Morgan fingerprint density at radius 3 is 2.83 bits per heavy atom. The molecule has 1 aromatic carbocycles. The number of ether oxygens (including phenoxy) is 1. The number of carbonyl (C=O) groups excluding carboxylic acids is 2. The van der Waals surface area contributed by atoms with Gasteiger partial charge in [-0.05, 0) is 48.9 Å². The molecule has 2 aromatic rings. The monoisotopic (exact) mass is 315 g/mol. The van der Waals surface area contributed by atoms with Gasteiger partial charge in [-0.15, -0.1) is 0 Å². The quantitative estimate of drug-likeness (QED) is 0.657. The van der Waals surface area contributed by atoms with E-state index in [9.17, 15) is 9.59 Å². The standard InChI is InChI=1S/C18H21NO4/c1-22-18(21)6-3-7-19-17(20)10-14-11-23-16-9-13-5-2-4-12(13)8-15(14)16/h8-9,11H,2-7,10H2,1H3,(H,19,20). The van der Waals surface area contributed by atoms with Crippen LogP contribution in [0, 0.1) is 0 Å². The van der Waals surface area contributed by atoms with E-state index in [0.717, 1.165) is 29.4 Å². The van der Waals surface area contributed by atoms with Gasteiger partial charge in [-0.1, -0.05) is 0 Å². The summed E-state index contributed by atoms with van der Waals surface area (Å²) in [6.07, 6.45) is 6.28. The predicted octanol–water partition coefficient (Wildman–Crippen LogP) is 2.53. The Balaban J connectivity index is 1.58.